The number of hydrogen-bond donors (Lipinski definition) is 0. The van der Waals surface area contributed by atoms with Gasteiger partial charge in [0.1, 0.15) is 5.60 Å². The van der Waals surface area contributed by atoms with E-state index in [1.807, 2.05) is 6.08 Å². The third kappa shape index (κ3) is 5.66. The van der Waals surface area contributed by atoms with Crippen molar-refractivity contribution in [3.63, 3.8) is 0 Å². The van der Waals surface area contributed by atoms with Gasteiger partial charge in [-0.2, -0.15) is 0 Å². The lowest BCUT2D eigenvalue weighted by molar-refractivity contribution is -0.115. The summed E-state index contributed by atoms with van der Waals surface area (Å²) in [5.74, 6) is 0.361. The summed E-state index contributed by atoms with van der Waals surface area (Å²) < 4.78 is 11.4. The van der Waals surface area contributed by atoms with Gasteiger partial charge in [0, 0.05) is 14.2 Å². The van der Waals surface area contributed by atoms with Gasteiger partial charge in [-0.05, 0) is 12.3 Å². The van der Waals surface area contributed by atoms with Gasteiger partial charge < -0.3 is 9.47 Å². The summed E-state index contributed by atoms with van der Waals surface area (Å²) in [6, 6.07) is 0. The van der Waals surface area contributed by atoms with E-state index in [-0.39, 0.29) is 11.7 Å². The zero-order valence-electron chi connectivity index (χ0n) is 13.7. The van der Waals surface area contributed by atoms with Crippen LogP contribution in [0.5, 0.6) is 0 Å². The average molecular weight is 270 g/mol. The first-order chi connectivity index (χ1) is 9.08. The molecule has 0 heterocycles. The van der Waals surface area contributed by atoms with E-state index in [1.54, 1.807) is 14.2 Å². The summed E-state index contributed by atoms with van der Waals surface area (Å²) in [6.45, 7) is 10.5. The normalized spacial score (nSPS) is 16.3. The van der Waals surface area contributed by atoms with Gasteiger partial charge in [0.2, 0.25) is 0 Å². The van der Waals surface area contributed by atoms with Crippen LogP contribution in [-0.4, -0.2) is 25.9 Å². The van der Waals surface area contributed by atoms with Crippen LogP contribution in [0, 0.1) is 5.92 Å². The lowest BCUT2D eigenvalue weighted by Gasteiger charge is -2.39. The van der Waals surface area contributed by atoms with E-state index in [1.165, 1.54) is 38.5 Å². The zero-order valence-corrected chi connectivity index (χ0v) is 13.7. The van der Waals surface area contributed by atoms with E-state index in [4.69, 9.17) is 9.47 Å². The fraction of sp³-hybridized carbons (Fsp3) is 0.882. The number of methoxy groups -OCH3 is 2. The predicted molar refractivity (Wildman–Crippen MR) is 83.6 cm³/mol. The van der Waals surface area contributed by atoms with E-state index in [0.29, 0.717) is 5.92 Å². The van der Waals surface area contributed by atoms with Crippen LogP contribution in [0.4, 0.5) is 0 Å². The van der Waals surface area contributed by atoms with Crippen molar-refractivity contribution in [1.82, 2.24) is 0 Å². The van der Waals surface area contributed by atoms with Crippen LogP contribution in [0.2, 0.25) is 0 Å². The van der Waals surface area contributed by atoms with Crippen molar-refractivity contribution >= 4 is 0 Å². The fourth-order valence-corrected chi connectivity index (χ4v) is 2.83. The van der Waals surface area contributed by atoms with Gasteiger partial charge in [-0.1, -0.05) is 65.4 Å². The highest BCUT2D eigenvalue weighted by Crippen LogP contribution is 2.31. The van der Waals surface area contributed by atoms with Crippen LogP contribution in [0.1, 0.15) is 65.7 Å². The molecule has 0 fully saturated rings. The van der Waals surface area contributed by atoms with Gasteiger partial charge in [-0.3, -0.25) is 0 Å². The number of unbranched alkanes of at least 4 members (excludes halogenated alkanes) is 5. The largest absolute Gasteiger partial charge is 0.378 e. The topological polar surface area (TPSA) is 18.5 Å². The van der Waals surface area contributed by atoms with Crippen molar-refractivity contribution < 1.29 is 9.47 Å². The molecule has 0 aliphatic rings. The molecule has 0 aromatic carbocycles. The van der Waals surface area contributed by atoms with Crippen LogP contribution < -0.4 is 0 Å². The minimum atomic E-state index is -0.363. The van der Waals surface area contributed by atoms with Crippen molar-refractivity contribution in [3.05, 3.63) is 12.7 Å². The van der Waals surface area contributed by atoms with Gasteiger partial charge in [0.25, 0.3) is 0 Å². The van der Waals surface area contributed by atoms with E-state index >= 15 is 0 Å². The van der Waals surface area contributed by atoms with Crippen LogP contribution in [0.3, 0.4) is 0 Å². The summed E-state index contributed by atoms with van der Waals surface area (Å²) in [4.78, 5) is 0. The lowest BCUT2D eigenvalue weighted by atomic mass is 9.82. The second-order valence-corrected chi connectivity index (χ2v) is 5.70. The first kappa shape index (κ1) is 18.7. The molecule has 0 aliphatic carbocycles. The first-order valence-corrected chi connectivity index (χ1v) is 7.80. The van der Waals surface area contributed by atoms with Gasteiger partial charge in [0.15, 0.2) is 0 Å². The van der Waals surface area contributed by atoms with E-state index in [9.17, 15) is 0 Å². The van der Waals surface area contributed by atoms with Gasteiger partial charge >= 0.3 is 0 Å². The molecule has 0 rings (SSSR count). The Hall–Kier alpha value is -0.340. The van der Waals surface area contributed by atoms with Crippen LogP contribution in [0.15, 0.2) is 12.7 Å². The molecule has 0 aliphatic heterocycles. The van der Waals surface area contributed by atoms with E-state index in [2.05, 4.69) is 27.4 Å². The van der Waals surface area contributed by atoms with Crippen molar-refractivity contribution in [3.8, 4) is 0 Å². The van der Waals surface area contributed by atoms with Crippen molar-refractivity contribution in [2.24, 2.45) is 5.92 Å². The van der Waals surface area contributed by atoms with Gasteiger partial charge in [-0.15, -0.1) is 6.58 Å². The number of hydrogen-bond acceptors (Lipinski definition) is 2. The number of ether oxygens (including phenoxy) is 2. The van der Waals surface area contributed by atoms with Crippen LogP contribution in [0.25, 0.3) is 0 Å². The van der Waals surface area contributed by atoms with Gasteiger partial charge in [-0.25, -0.2) is 0 Å². The molecule has 0 radical (unpaired) electrons. The molecular weight excluding hydrogens is 236 g/mol. The van der Waals surface area contributed by atoms with E-state index < -0.39 is 0 Å². The SMILES string of the molecule is C=CC(OC)(C(C)C)C(CCCCCCCC)OC. The molecule has 2 heteroatoms. The summed E-state index contributed by atoms with van der Waals surface area (Å²) in [5.41, 5.74) is -0.363. The van der Waals surface area contributed by atoms with Crippen molar-refractivity contribution in [2.75, 3.05) is 14.2 Å². The quantitative estimate of drug-likeness (QED) is 0.368. The Morgan fingerprint density at radius 3 is 2.05 bits per heavy atom. The third-order valence-electron chi connectivity index (χ3n) is 4.18. The predicted octanol–water partition coefficient (Wildman–Crippen LogP) is 4.98. The Balaban J connectivity index is 4.27. The molecule has 19 heavy (non-hydrogen) atoms. The molecule has 0 aromatic heterocycles. The fourth-order valence-electron chi connectivity index (χ4n) is 2.83. The molecule has 0 bridgehead atoms. The van der Waals surface area contributed by atoms with Crippen LogP contribution >= 0.6 is 0 Å². The molecule has 0 N–H and O–H groups in total. The smallest absolute Gasteiger partial charge is 0.114 e. The minimum Gasteiger partial charge on any atom is -0.378 e. The van der Waals surface area contributed by atoms with Gasteiger partial charge in [0.05, 0.1) is 6.10 Å². The maximum absolute atomic E-state index is 5.75. The Kier molecular flexibility index (Phi) is 10.3. The van der Waals surface area contributed by atoms with Crippen LogP contribution in [-0.2, 0) is 9.47 Å². The molecule has 0 saturated carbocycles. The maximum Gasteiger partial charge on any atom is 0.114 e. The highest BCUT2D eigenvalue weighted by molar-refractivity contribution is 5.05. The summed E-state index contributed by atoms with van der Waals surface area (Å²) in [6.07, 6.45) is 10.9. The Morgan fingerprint density at radius 2 is 1.63 bits per heavy atom. The maximum atomic E-state index is 5.75. The summed E-state index contributed by atoms with van der Waals surface area (Å²) in [5, 5.41) is 0. The van der Waals surface area contributed by atoms with Crippen molar-refractivity contribution in [2.45, 2.75) is 77.4 Å². The molecule has 2 unspecified atom stereocenters. The molecule has 2 nitrogen and oxygen atoms in total. The molecule has 2 atom stereocenters. The number of rotatable bonds is 12. The molecule has 0 amide bonds. The molecule has 114 valence electrons. The summed E-state index contributed by atoms with van der Waals surface area (Å²) >= 11 is 0. The molecular formula is C17H34O2. The standard InChI is InChI=1S/C17H34O2/c1-7-9-10-11-12-13-14-16(18-5)17(8-2,19-6)15(3)4/h8,15-16H,2,7,9-14H2,1,3-6H3. The zero-order chi connectivity index (χ0) is 14.7. The highest BCUT2D eigenvalue weighted by Gasteiger charge is 2.39. The molecule has 0 aromatic rings. The molecule has 0 saturated heterocycles. The third-order valence-corrected chi connectivity index (χ3v) is 4.18. The Labute approximate surface area is 120 Å². The summed E-state index contributed by atoms with van der Waals surface area (Å²) in [7, 11) is 3.54. The lowest BCUT2D eigenvalue weighted by Crippen LogP contribution is -2.47. The highest BCUT2D eigenvalue weighted by atomic mass is 16.5. The second kappa shape index (κ2) is 10.4. The van der Waals surface area contributed by atoms with E-state index in [0.717, 1.165) is 6.42 Å². The Bertz CT molecular complexity index is 225. The molecule has 0 spiro atoms. The van der Waals surface area contributed by atoms with Crippen molar-refractivity contribution in [1.29, 1.82) is 0 Å². The minimum absolute atomic E-state index is 0.0983. The monoisotopic (exact) mass is 270 g/mol. The average Bonchev–Trinajstić information content (AvgIpc) is 2.41. The second-order valence-electron chi connectivity index (χ2n) is 5.70. The Morgan fingerprint density at radius 1 is 1.05 bits per heavy atom. The first-order valence-electron chi connectivity index (χ1n) is 7.80.